The minimum atomic E-state index is -0.420. The Morgan fingerprint density at radius 2 is 2.14 bits per heavy atom. The Bertz CT molecular complexity index is 645. The number of carbonyl (C=O) groups excluding carboxylic acids is 1. The average Bonchev–Trinajstić information content (AvgIpc) is 2.50. The molecule has 1 aromatic heterocycles. The molecule has 0 atom stereocenters. The summed E-state index contributed by atoms with van der Waals surface area (Å²) in [6.07, 6.45) is 3.88. The van der Waals surface area contributed by atoms with Crippen molar-refractivity contribution in [1.82, 2.24) is 9.97 Å². The maximum Gasteiger partial charge on any atom is 0.275 e. The fourth-order valence-electron chi connectivity index (χ4n) is 1.74. The van der Waals surface area contributed by atoms with Crippen LogP contribution in [0.4, 0.5) is 15.9 Å². The minimum Gasteiger partial charge on any atom is -0.369 e. The molecule has 0 aliphatic carbocycles. The SMILES string of the molecule is CCCNc1cncc(C(=O)Nc2cccc(F)c2C)n1. The molecular weight excluding hydrogens is 271 g/mol. The molecule has 2 aromatic rings. The first kappa shape index (κ1) is 14.9. The third kappa shape index (κ3) is 3.75. The van der Waals surface area contributed by atoms with Crippen LogP contribution in [0.15, 0.2) is 30.6 Å². The number of benzene rings is 1. The minimum absolute atomic E-state index is 0.180. The van der Waals surface area contributed by atoms with E-state index in [9.17, 15) is 9.18 Å². The molecular formula is C15H17FN4O. The average molecular weight is 288 g/mol. The summed E-state index contributed by atoms with van der Waals surface area (Å²) in [5, 5.41) is 5.70. The van der Waals surface area contributed by atoms with Crippen LogP contribution in [0.1, 0.15) is 29.4 Å². The molecule has 110 valence electrons. The van der Waals surface area contributed by atoms with Gasteiger partial charge in [0.15, 0.2) is 0 Å². The number of anilines is 2. The molecule has 21 heavy (non-hydrogen) atoms. The molecule has 0 aliphatic heterocycles. The molecule has 2 rings (SSSR count). The molecule has 0 fully saturated rings. The summed E-state index contributed by atoms with van der Waals surface area (Å²) in [5.74, 6) is -0.242. The lowest BCUT2D eigenvalue weighted by Gasteiger charge is -2.09. The molecule has 0 unspecified atom stereocenters. The highest BCUT2D eigenvalue weighted by atomic mass is 19.1. The standard InChI is InChI=1S/C15H17FN4O/c1-3-7-18-14-9-17-8-13(19-14)15(21)20-12-6-4-5-11(16)10(12)2/h4-6,8-9H,3,7H2,1-2H3,(H,18,19)(H,20,21). The second-order valence-electron chi connectivity index (χ2n) is 4.58. The van der Waals surface area contributed by atoms with Crippen molar-refractivity contribution in [2.24, 2.45) is 0 Å². The van der Waals surface area contributed by atoms with E-state index in [0.717, 1.165) is 13.0 Å². The smallest absolute Gasteiger partial charge is 0.275 e. The van der Waals surface area contributed by atoms with Crippen LogP contribution in [-0.4, -0.2) is 22.4 Å². The number of hydrogen-bond donors (Lipinski definition) is 2. The van der Waals surface area contributed by atoms with Crippen LogP contribution in [0.5, 0.6) is 0 Å². The van der Waals surface area contributed by atoms with Crippen molar-refractivity contribution in [3.63, 3.8) is 0 Å². The van der Waals surface area contributed by atoms with Gasteiger partial charge in [-0.15, -0.1) is 0 Å². The predicted octanol–water partition coefficient (Wildman–Crippen LogP) is 3.00. The Labute approximate surface area is 122 Å². The molecule has 0 saturated carbocycles. The lowest BCUT2D eigenvalue weighted by Crippen LogP contribution is -2.16. The van der Waals surface area contributed by atoms with Gasteiger partial charge in [-0.1, -0.05) is 13.0 Å². The topological polar surface area (TPSA) is 66.9 Å². The van der Waals surface area contributed by atoms with Gasteiger partial charge in [0.25, 0.3) is 5.91 Å². The maximum absolute atomic E-state index is 13.4. The van der Waals surface area contributed by atoms with E-state index < -0.39 is 5.91 Å². The molecule has 2 N–H and O–H groups in total. The van der Waals surface area contributed by atoms with E-state index in [1.54, 1.807) is 25.3 Å². The van der Waals surface area contributed by atoms with Crippen molar-refractivity contribution in [1.29, 1.82) is 0 Å². The normalized spacial score (nSPS) is 10.2. The number of halogens is 1. The van der Waals surface area contributed by atoms with Gasteiger partial charge in [0.05, 0.1) is 12.4 Å². The summed E-state index contributed by atoms with van der Waals surface area (Å²) in [6, 6.07) is 4.53. The van der Waals surface area contributed by atoms with Gasteiger partial charge in [0.1, 0.15) is 17.3 Å². The Kier molecular flexibility index (Phi) is 4.81. The highest BCUT2D eigenvalue weighted by Gasteiger charge is 2.11. The predicted molar refractivity (Wildman–Crippen MR) is 79.9 cm³/mol. The van der Waals surface area contributed by atoms with Crippen molar-refractivity contribution in [3.05, 3.63) is 47.7 Å². The van der Waals surface area contributed by atoms with Crippen LogP contribution >= 0.6 is 0 Å². The molecule has 0 spiro atoms. The second kappa shape index (κ2) is 6.78. The molecule has 0 aliphatic rings. The van der Waals surface area contributed by atoms with Crippen LogP contribution in [0.3, 0.4) is 0 Å². The summed E-state index contributed by atoms with van der Waals surface area (Å²) in [7, 11) is 0. The zero-order valence-corrected chi connectivity index (χ0v) is 12.0. The van der Waals surface area contributed by atoms with Gasteiger partial charge in [-0.2, -0.15) is 0 Å². The summed E-state index contributed by atoms with van der Waals surface area (Å²) >= 11 is 0. The fourth-order valence-corrected chi connectivity index (χ4v) is 1.74. The molecule has 0 saturated heterocycles. The number of aromatic nitrogens is 2. The molecule has 1 aromatic carbocycles. The van der Waals surface area contributed by atoms with Gasteiger partial charge in [0.2, 0.25) is 0 Å². The van der Waals surface area contributed by atoms with E-state index in [4.69, 9.17) is 0 Å². The number of hydrogen-bond acceptors (Lipinski definition) is 4. The summed E-state index contributed by atoms with van der Waals surface area (Å²) in [6.45, 7) is 4.39. The Morgan fingerprint density at radius 1 is 1.33 bits per heavy atom. The number of rotatable bonds is 5. The quantitative estimate of drug-likeness (QED) is 0.887. The van der Waals surface area contributed by atoms with E-state index in [1.165, 1.54) is 12.3 Å². The zero-order valence-electron chi connectivity index (χ0n) is 12.0. The second-order valence-corrected chi connectivity index (χ2v) is 4.58. The van der Waals surface area contributed by atoms with Crippen molar-refractivity contribution in [3.8, 4) is 0 Å². The fraction of sp³-hybridized carbons (Fsp3) is 0.267. The third-order valence-electron chi connectivity index (χ3n) is 2.94. The number of nitrogens with one attached hydrogen (secondary N) is 2. The molecule has 1 amide bonds. The zero-order chi connectivity index (χ0) is 15.2. The first-order valence-corrected chi connectivity index (χ1v) is 6.74. The van der Waals surface area contributed by atoms with Crippen LogP contribution in [0, 0.1) is 12.7 Å². The van der Waals surface area contributed by atoms with Crippen molar-refractivity contribution < 1.29 is 9.18 Å². The molecule has 0 bridgehead atoms. The number of carbonyl (C=O) groups is 1. The maximum atomic E-state index is 13.4. The van der Waals surface area contributed by atoms with Gasteiger partial charge >= 0.3 is 0 Å². The number of amides is 1. The van der Waals surface area contributed by atoms with E-state index in [1.807, 2.05) is 6.92 Å². The van der Waals surface area contributed by atoms with Gasteiger partial charge in [-0.05, 0) is 25.5 Å². The van der Waals surface area contributed by atoms with Crippen molar-refractivity contribution >= 4 is 17.4 Å². The van der Waals surface area contributed by atoms with Crippen LogP contribution in [-0.2, 0) is 0 Å². The van der Waals surface area contributed by atoms with E-state index >= 15 is 0 Å². The van der Waals surface area contributed by atoms with E-state index in [0.29, 0.717) is 17.1 Å². The molecule has 0 radical (unpaired) electrons. The van der Waals surface area contributed by atoms with Crippen LogP contribution in [0.25, 0.3) is 0 Å². The Morgan fingerprint density at radius 3 is 2.90 bits per heavy atom. The largest absolute Gasteiger partial charge is 0.369 e. The molecule has 5 nitrogen and oxygen atoms in total. The Hall–Kier alpha value is -2.50. The molecule has 6 heteroatoms. The van der Waals surface area contributed by atoms with Crippen LogP contribution in [0.2, 0.25) is 0 Å². The third-order valence-corrected chi connectivity index (χ3v) is 2.94. The Balaban J connectivity index is 2.15. The van der Waals surface area contributed by atoms with E-state index in [2.05, 4.69) is 20.6 Å². The summed E-state index contributed by atoms with van der Waals surface area (Å²) in [5.41, 5.74) is 0.993. The highest BCUT2D eigenvalue weighted by molar-refractivity contribution is 6.03. The lowest BCUT2D eigenvalue weighted by atomic mass is 10.2. The molecule has 1 heterocycles. The first-order chi connectivity index (χ1) is 10.1. The number of nitrogens with zero attached hydrogens (tertiary/aromatic N) is 2. The van der Waals surface area contributed by atoms with E-state index in [-0.39, 0.29) is 11.5 Å². The summed E-state index contributed by atoms with van der Waals surface area (Å²) < 4.78 is 13.4. The monoisotopic (exact) mass is 288 g/mol. The first-order valence-electron chi connectivity index (χ1n) is 6.74. The highest BCUT2D eigenvalue weighted by Crippen LogP contribution is 2.18. The van der Waals surface area contributed by atoms with Crippen LogP contribution < -0.4 is 10.6 Å². The lowest BCUT2D eigenvalue weighted by molar-refractivity contribution is 0.102. The van der Waals surface area contributed by atoms with Gasteiger partial charge in [-0.25, -0.2) is 9.37 Å². The van der Waals surface area contributed by atoms with Gasteiger partial charge in [0, 0.05) is 17.8 Å². The van der Waals surface area contributed by atoms with Crippen molar-refractivity contribution in [2.75, 3.05) is 17.2 Å². The van der Waals surface area contributed by atoms with Gasteiger partial charge in [-0.3, -0.25) is 9.78 Å². The van der Waals surface area contributed by atoms with Gasteiger partial charge < -0.3 is 10.6 Å². The summed E-state index contributed by atoms with van der Waals surface area (Å²) in [4.78, 5) is 20.3. The van der Waals surface area contributed by atoms with Crippen molar-refractivity contribution in [2.45, 2.75) is 20.3 Å².